The van der Waals surface area contributed by atoms with Crippen molar-refractivity contribution in [2.24, 2.45) is 47.3 Å². The molecule has 5 heteroatoms. The molecule has 5 heterocycles. The topological polar surface area (TPSA) is 40.7 Å². The molecule has 4 saturated heterocycles. The summed E-state index contributed by atoms with van der Waals surface area (Å²) in [6.45, 7) is 10.0. The first-order chi connectivity index (χ1) is 27.8. The van der Waals surface area contributed by atoms with E-state index in [0.717, 1.165) is 59.4 Å². The zero-order valence-electron chi connectivity index (χ0n) is 35.5. The number of hydrogen-bond acceptors (Lipinski definition) is 4. The van der Waals surface area contributed by atoms with Gasteiger partial charge < -0.3 is 14.5 Å². The van der Waals surface area contributed by atoms with Crippen molar-refractivity contribution in [3.05, 3.63) is 47.5 Å². The number of hydrogen-bond donors (Lipinski definition) is 1. The van der Waals surface area contributed by atoms with Gasteiger partial charge in [-0.1, -0.05) is 52.0 Å². The number of rotatable bonds is 2. The fourth-order valence-electron chi connectivity index (χ4n) is 17.6. The van der Waals surface area contributed by atoms with Gasteiger partial charge in [0, 0.05) is 58.1 Å². The summed E-state index contributed by atoms with van der Waals surface area (Å²) in [6.07, 6.45) is 23.6. The van der Waals surface area contributed by atoms with Gasteiger partial charge in [0.1, 0.15) is 0 Å². The van der Waals surface area contributed by atoms with Crippen LogP contribution in [0.1, 0.15) is 153 Å². The highest BCUT2D eigenvalue weighted by atomic mass is 16.5. The lowest BCUT2D eigenvalue weighted by Gasteiger charge is -2.55. The maximum Gasteiger partial charge on any atom is 0.0740 e. The molecule has 4 aliphatic heterocycles. The van der Waals surface area contributed by atoms with E-state index in [9.17, 15) is 0 Å². The molecule has 0 bridgehead atoms. The van der Waals surface area contributed by atoms with Crippen molar-refractivity contribution in [2.75, 3.05) is 0 Å². The van der Waals surface area contributed by atoms with Crippen molar-refractivity contribution in [1.29, 1.82) is 0 Å². The number of para-hydroxylation sites is 1. The highest BCUT2D eigenvalue weighted by Crippen LogP contribution is 2.60. The van der Waals surface area contributed by atoms with Crippen LogP contribution in [0.15, 0.2) is 36.4 Å². The summed E-state index contributed by atoms with van der Waals surface area (Å²) in [6, 6.07) is 19.0. The molecule has 2 aromatic carbocycles. The molecule has 1 aromatic heterocycles. The van der Waals surface area contributed by atoms with Crippen molar-refractivity contribution in [3.63, 3.8) is 0 Å². The Morgan fingerprint density at radius 2 is 1.04 bits per heavy atom. The molecule has 6 aliphatic carbocycles. The molecule has 13 rings (SSSR count). The van der Waals surface area contributed by atoms with Crippen LogP contribution < -0.4 is 0 Å². The lowest BCUT2D eigenvalue weighted by molar-refractivity contribution is -0.187. The molecule has 5 nitrogen and oxygen atoms in total. The summed E-state index contributed by atoms with van der Waals surface area (Å²) in [5.41, 5.74) is 6.14. The van der Waals surface area contributed by atoms with E-state index in [0.29, 0.717) is 60.4 Å². The van der Waals surface area contributed by atoms with Gasteiger partial charge >= 0.3 is 0 Å². The molecule has 20 atom stereocenters. The molecular formula is C52H71N3O2. The van der Waals surface area contributed by atoms with E-state index in [1.54, 1.807) is 11.1 Å². The van der Waals surface area contributed by atoms with Crippen LogP contribution in [0.25, 0.3) is 21.8 Å². The minimum atomic E-state index is 0.463. The molecule has 57 heavy (non-hydrogen) atoms. The van der Waals surface area contributed by atoms with Crippen LogP contribution >= 0.6 is 0 Å². The van der Waals surface area contributed by atoms with Gasteiger partial charge in [-0.3, -0.25) is 9.80 Å². The number of nitrogens with zero attached hydrogens (tertiary/aromatic N) is 2. The molecule has 3 aromatic rings. The van der Waals surface area contributed by atoms with Crippen LogP contribution in [0.5, 0.6) is 0 Å². The van der Waals surface area contributed by atoms with Crippen LogP contribution in [0.2, 0.25) is 0 Å². The smallest absolute Gasteiger partial charge is 0.0740 e. The first-order valence-electron chi connectivity index (χ1n) is 24.7. The maximum absolute atomic E-state index is 7.17. The van der Waals surface area contributed by atoms with Gasteiger partial charge in [-0.25, -0.2) is 0 Å². The lowest BCUT2D eigenvalue weighted by atomic mass is 9.65. The van der Waals surface area contributed by atoms with Crippen LogP contribution in [0, 0.1) is 47.3 Å². The largest absolute Gasteiger partial charge is 0.372 e. The Bertz CT molecular complexity index is 2020. The number of nitrogens with one attached hydrogen (secondary N) is 1. The molecule has 0 radical (unpaired) electrons. The molecule has 20 unspecified atom stereocenters. The van der Waals surface area contributed by atoms with Crippen LogP contribution in [-0.4, -0.2) is 75.5 Å². The molecule has 6 saturated carbocycles. The lowest BCUT2D eigenvalue weighted by Crippen LogP contribution is -2.64. The molecule has 306 valence electrons. The third-order valence-electron chi connectivity index (χ3n) is 19.6. The van der Waals surface area contributed by atoms with Gasteiger partial charge in [0.15, 0.2) is 0 Å². The minimum Gasteiger partial charge on any atom is -0.372 e. The van der Waals surface area contributed by atoms with Gasteiger partial charge in [0.25, 0.3) is 0 Å². The number of ether oxygens (including phenoxy) is 2. The van der Waals surface area contributed by atoms with E-state index >= 15 is 0 Å². The first kappa shape index (κ1) is 35.8. The Hall–Kier alpha value is -1.92. The maximum atomic E-state index is 7.17. The van der Waals surface area contributed by atoms with Crippen molar-refractivity contribution in [2.45, 2.75) is 203 Å². The van der Waals surface area contributed by atoms with E-state index in [4.69, 9.17) is 9.47 Å². The van der Waals surface area contributed by atoms with Gasteiger partial charge in [-0.15, -0.1) is 0 Å². The highest BCUT2D eigenvalue weighted by Gasteiger charge is 2.63. The highest BCUT2D eigenvalue weighted by molar-refractivity contribution is 6.08. The Kier molecular flexibility index (Phi) is 8.35. The Balaban J connectivity index is 0.844. The number of fused-ring (bicyclic) bond motifs is 13. The van der Waals surface area contributed by atoms with E-state index in [-0.39, 0.29) is 0 Å². The van der Waals surface area contributed by atoms with E-state index in [2.05, 4.69) is 78.9 Å². The van der Waals surface area contributed by atoms with Crippen molar-refractivity contribution >= 4 is 21.8 Å². The monoisotopic (exact) mass is 770 g/mol. The summed E-state index contributed by atoms with van der Waals surface area (Å²) in [4.78, 5) is 10.4. The third kappa shape index (κ3) is 5.38. The number of morpholine rings is 2. The molecule has 0 amide bonds. The number of benzene rings is 2. The zero-order chi connectivity index (χ0) is 37.8. The average Bonchev–Trinajstić information content (AvgIpc) is 3.86. The van der Waals surface area contributed by atoms with Crippen molar-refractivity contribution in [1.82, 2.24) is 14.8 Å². The third-order valence-corrected chi connectivity index (χ3v) is 19.6. The summed E-state index contributed by atoms with van der Waals surface area (Å²) < 4.78 is 14.3. The normalized spacial score (nSPS) is 50.5. The Labute approximate surface area is 342 Å². The summed E-state index contributed by atoms with van der Waals surface area (Å²) in [5, 5.41) is 2.94. The fraction of sp³-hybridized carbons (Fsp3) is 0.769. The standard InChI is InChI=1S/C52H71N3O2/c1-27-9-13-44-46(19-27)56-48-21-29(3)17-39-36-23-31(11-15-42(36)54(44)51(39)48)33-25-35(50-38(26-33)34-7-5-6-8-41(34)53-50)32-12-16-43-37(24-32)40-18-30(4)22-49-52(40)55(43)45-14-10-28(2)20-47(45)57-49/h5-8,25-32,36-37,39-40,42-49,51-53H,9-24H2,1-4H3. The summed E-state index contributed by atoms with van der Waals surface area (Å²) in [5.74, 6) is 7.77. The Morgan fingerprint density at radius 3 is 1.67 bits per heavy atom. The molecule has 0 spiro atoms. The second-order valence-corrected chi connectivity index (χ2v) is 22.9. The predicted molar refractivity (Wildman–Crippen MR) is 230 cm³/mol. The SMILES string of the molecule is CC1CCC2C(C1)OC1CC(C)CC3C4CC(c5cc(C6CCC7C(C6)C6CC(C)CC8OC9CC(C)CCC9N7C86)c6[nH]c7ccccc7c6c5)CCC4N2C13. The number of H-pyrrole nitrogens is 1. The molecular weight excluding hydrogens is 699 g/mol. The van der Waals surface area contributed by atoms with Gasteiger partial charge in [0.2, 0.25) is 0 Å². The first-order valence-corrected chi connectivity index (χ1v) is 24.7. The number of aromatic nitrogens is 1. The van der Waals surface area contributed by atoms with Crippen molar-refractivity contribution < 1.29 is 9.47 Å². The average molecular weight is 770 g/mol. The second kappa shape index (κ2) is 13.3. The van der Waals surface area contributed by atoms with E-state index < -0.39 is 0 Å². The van der Waals surface area contributed by atoms with Crippen LogP contribution in [0.3, 0.4) is 0 Å². The molecule has 1 N–H and O–H groups in total. The second-order valence-electron chi connectivity index (χ2n) is 22.9. The van der Waals surface area contributed by atoms with E-state index in [1.165, 1.54) is 125 Å². The molecule has 10 aliphatic rings. The summed E-state index contributed by atoms with van der Waals surface area (Å²) in [7, 11) is 0. The quantitative estimate of drug-likeness (QED) is 0.282. The minimum absolute atomic E-state index is 0.463. The van der Waals surface area contributed by atoms with Crippen molar-refractivity contribution in [3.8, 4) is 0 Å². The van der Waals surface area contributed by atoms with Gasteiger partial charge in [-0.05, 0) is 185 Å². The Morgan fingerprint density at radius 1 is 0.491 bits per heavy atom. The van der Waals surface area contributed by atoms with Crippen LogP contribution in [-0.2, 0) is 9.47 Å². The predicted octanol–water partition coefficient (Wildman–Crippen LogP) is 11.2. The van der Waals surface area contributed by atoms with Crippen LogP contribution in [0.4, 0.5) is 0 Å². The zero-order valence-corrected chi connectivity index (χ0v) is 35.5. The summed E-state index contributed by atoms with van der Waals surface area (Å²) >= 11 is 0. The van der Waals surface area contributed by atoms with Gasteiger partial charge in [0.05, 0.1) is 24.4 Å². The van der Waals surface area contributed by atoms with Gasteiger partial charge in [-0.2, -0.15) is 0 Å². The number of aromatic amines is 1. The fourth-order valence-corrected chi connectivity index (χ4v) is 17.6. The van der Waals surface area contributed by atoms with E-state index in [1.807, 2.05) is 0 Å². The molecule has 10 fully saturated rings.